The van der Waals surface area contributed by atoms with Crippen LogP contribution in [0.15, 0.2) is 84.9 Å². The molecule has 4 aromatic carbocycles. The lowest BCUT2D eigenvalue weighted by Crippen LogP contribution is -2.49. The van der Waals surface area contributed by atoms with Gasteiger partial charge in [-0.3, -0.25) is 0 Å². The standard InChI is InChI=1S/C38H44N6O4/c1-25-5-16-34(36(22-25)42-37(47)39-28-17-20-43(21-18-28)30-8-12-32(45)13-9-30)27-7-6-26(2)35(23-27)41-38(48)40-29-4-3-19-44(24-29)31-10-14-33(46)15-11-31/h5-16,22-23,28-29,45-46H,3-4,17-21,24H2,1-2H3,(H2,39,42,47)(H2,40,41,48). The number of piperidine rings is 2. The Morgan fingerprint density at radius 1 is 0.646 bits per heavy atom. The minimum absolute atomic E-state index is 0.0116. The highest BCUT2D eigenvalue weighted by Crippen LogP contribution is 2.32. The molecule has 2 aliphatic rings. The molecule has 48 heavy (non-hydrogen) atoms. The van der Waals surface area contributed by atoms with Gasteiger partial charge in [0.1, 0.15) is 11.5 Å². The SMILES string of the molecule is Cc1ccc(-c2ccc(C)c(NC(=O)NC3CCCN(c4ccc(O)cc4)C3)c2)c(NC(=O)NC2CCN(c3ccc(O)cc3)CC2)c1. The van der Waals surface area contributed by atoms with Crippen LogP contribution in [0.1, 0.15) is 36.8 Å². The second kappa shape index (κ2) is 14.6. The lowest BCUT2D eigenvalue weighted by Gasteiger charge is -2.34. The number of anilines is 4. The molecular weight excluding hydrogens is 604 g/mol. The summed E-state index contributed by atoms with van der Waals surface area (Å²) in [7, 11) is 0. The van der Waals surface area contributed by atoms with Crippen molar-refractivity contribution in [3.63, 3.8) is 0 Å². The number of amides is 4. The smallest absolute Gasteiger partial charge is 0.319 e. The third-order valence-electron chi connectivity index (χ3n) is 9.24. The summed E-state index contributed by atoms with van der Waals surface area (Å²) in [5.41, 5.74) is 7.18. The van der Waals surface area contributed by atoms with Crippen molar-refractivity contribution in [1.29, 1.82) is 0 Å². The Balaban J connectivity index is 1.07. The molecule has 10 nitrogen and oxygen atoms in total. The summed E-state index contributed by atoms with van der Waals surface area (Å²) < 4.78 is 0. The van der Waals surface area contributed by atoms with E-state index in [9.17, 15) is 19.8 Å². The molecule has 2 fully saturated rings. The molecule has 2 heterocycles. The Kier molecular flexibility index (Phi) is 9.89. The Bertz CT molecular complexity index is 1740. The van der Waals surface area contributed by atoms with Gasteiger partial charge in [-0.2, -0.15) is 0 Å². The Hall–Kier alpha value is -5.38. The monoisotopic (exact) mass is 648 g/mol. The molecule has 0 aromatic heterocycles. The zero-order chi connectivity index (χ0) is 33.6. The van der Waals surface area contributed by atoms with Gasteiger partial charge in [-0.1, -0.05) is 24.3 Å². The van der Waals surface area contributed by atoms with Gasteiger partial charge in [-0.15, -0.1) is 0 Å². The average molecular weight is 649 g/mol. The van der Waals surface area contributed by atoms with E-state index < -0.39 is 0 Å². The van der Waals surface area contributed by atoms with Crippen LogP contribution >= 0.6 is 0 Å². The van der Waals surface area contributed by atoms with Gasteiger partial charge in [0.2, 0.25) is 0 Å². The maximum atomic E-state index is 13.2. The highest BCUT2D eigenvalue weighted by Gasteiger charge is 2.23. The van der Waals surface area contributed by atoms with Crippen LogP contribution in [0.4, 0.5) is 32.3 Å². The molecule has 1 unspecified atom stereocenters. The summed E-state index contributed by atoms with van der Waals surface area (Å²) >= 11 is 0. The van der Waals surface area contributed by atoms with Gasteiger partial charge in [0.15, 0.2) is 0 Å². The fourth-order valence-corrected chi connectivity index (χ4v) is 6.56. The second-order valence-electron chi connectivity index (χ2n) is 12.9. The van der Waals surface area contributed by atoms with Crippen molar-refractivity contribution in [2.24, 2.45) is 0 Å². The normalized spacial score (nSPS) is 16.7. The minimum atomic E-state index is -0.258. The number of urea groups is 2. The van der Waals surface area contributed by atoms with Crippen LogP contribution < -0.4 is 31.1 Å². The summed E-state index contributed by atoms with van der Waals surface area (Å²) in [5, 5.41) is 31.7. The van der Waals surface area contributed by atoms with Crippen molar-refractivity contribution in [2.45, 2.75) is 51.6 Å². The number of phenols is 2. The maximum absolute atomic E-state index is 13.2. The van der Waals surface area contributed by atoms with Crippen LogP contribution in [0.3, 0.4) is 0 Å². The molecule has 0 aliphatic carbocycles. The quantitative estimate of drug-likeness (QED) is 0.129. The van der Waals surface area contributed by atoms with Crippen LogP contribution in [0.25, 0.3) is 11.1 Å². The summed E-state index contributed by atoms with van der Waals surface area (Å²) in [6.07, 6.45) is 3.48. The van der Waals surface area contributed by atoms with Gasteiger partial charge in [-0.05, 0) is 117 Å². The predicted molar refractivity (Wildman–Crippen MR) is 192 cm³/mol. The number of aryl methyl sites for hydroxylation is 2. The molecule has 2 aliphatic heterocycles. The van der Waals surface area contributed by atoms with Gasteiger partial charge >= 0.3 is 12.1 Å². The van der Waals surface area contributed by atoms with Gasteiger partial charge in [0.25, 0.3) is 0 Å². The highest BCUT2D eigenvalue weighted by molar-refractivity contribution is 5.96. The number of nitrogens with one attached hydrogen (secondary N) is 4. The lowest BCUT2D eigenvalue weighted by molar-refractivity contribution is 0.245. The van der Waals surface area contributed by atoms with E-state index in [0.717, 1.165) is 78.9 Å². The first-order valence-electron chi connectivity index (χ1n) is 16.6. The van der Waals surface area contributed by atoms with Crippen LogP contribution in [0, 0.1) is 13.8 Å². The number of nitrogens with zero attached hydrogens (tertiary/aromatic N) is 2. The molecule has 1 atom stereocenters. The van der Waals surface area contributed by atoms with Crippen LogP contribution in [0.2, 0.25) is 0 Å². The van der Waals surface area contributed by atoms with Crippen molar-refractivity contribution < 1.29 is 19.8 Å². The second-order valence-corrected chi connectivity index (χ2v) is 12.9. The van der Waals surface area contributed by atoms with Gasteiger partial charge in [-0.25, -0.2) is 9.59 Å². The van der Waals surface area contributed by atoms with Crippen LogP contribution in [-0.4, -0.2) is 60.5 Å². The Morgan fingerprint density at radius 3 is 1.92 bits per heavy atom. The molecule has 6 rings (SSSR count). The van der Waals surface area contributed by atoms with Gasteiger partial charge in [0.05, 0.1) is 5.69 Å². The van der Waals surface area contributed by atoms with E-state index in [4.69, 9.17) is 0 Å². The van der Waals surface area contributed by atoms with Crippen molar-refractivity contribution in [3.05, 3.63) is 96.1 Å². The third kappa shape index (κ3) is 8.12. The number of hydrogen-bond donors (Lipinski definition) is 6. The number of benzene rings is 4. The molecule has 2 saturated heterocycles. The Morgan fingerprint density at radius 2 is 1.25 bits per heavy atom. The molecule has 4 amide bonds. The summed E-state index contributed by atoms with van der Waals surface area (Å²) in [6.45, 7) is 7.17. The van der Waals surface area contributed by atoms with Crippen molar-refractivity contribution in [2.75, 3.05) is 46.6 Å². The number of hydrogen-bond acceptors (Lipinski definition) is 6. The molecule has 0 radical (unpaired) electrons. The van der Waals surface area contributed by atoms with Crippen molar-refractivity contribution in [1.82, 2.24) is 10.6 Å². The van der Waals surface area contributed by atoms with E-state index in [-0.39, 0.29) is 35.6 Å². The van der Waals surface area contributed by atoms with Gasteiger partial charge in [0, 0.05) is 60.9 Å². The molecule has 250 valence electrons. The number of carbonyl (C=O) groups excluding carboxylic acids is 2. The predicted octanol–water partition coefficient (Wildman–Crippen LogP) is 6.96. The molecule has 10 heteroatoms. The van der Waals surface area contributed by atoms with E-state index in [1.807, 2.05) is 74.5 Å². The van der Waals surface area contributed by atoms with E-state index in [1.165, 1.54) is 0 Å². The molecule has 6 N–H and O–H groups in total. The summed E-state index contributed by atoms with van der Waals surface area (Å²) in [5.74, 6) is 0.486. The number of phenolic OH excluding ortho intramolecular Hbond substituents is 2. The largest absolute Gasteiger partial charge is 0.508 e. The zero-order valence-electron chi connectivity index (χ0n) is 27.5. The zero-order valence-corrected chi connectivity index (χ0v) is 27.5. The highest BCUT2D eigenvalue weighted by atomic mass is 16.3. The summed E-state index contributed by atoms with van der Waals surface area (Å²) in [4.78, 5) is 30.9. The van der Waals surface area contributed by atoms with Gasteiger partial charge < -0.3 is 41.3 Å². The van der Waals surface area contributed by atoms with Crippen molar-refractivity contribution >= 4 is 34.8 Å². The van der Waals surface area contributed by atoms with E-state index >= 15 is 0 Å². The lowest BCUT2D eigenvalue weighted by atomic mass is 9.99. The first kappa shape index (κ1) is 32.6. The topological polar surface area (TPSA) is 129 Å². The fourth-order valence-electron chi connectivity index (χ4n) is 6.56. The molecule has 0 spiro atoms. The average Bonchev–Trinajstić information content (AvgIpc) is 3.07. The minimum Gasteiger partial charge on any atom is -0.508 e. The molecule has 0 bridgehead atoms. The first-order chi connectivity index (χ1) is 23.2. The number of rotatable bonds is 7. The molecular formula is C38H44N6O4. The van der Waals surface area contributed by atoms with E-state index in [1.54, 1.807) is 24.3 Å². The van der Waals surface area contributed by atoms with E-state index in [0.29, 0.717) is 17.9 Å². The Labute approximate surface area is 281 Å². The molecule has 4 aromatic rings. The fraction of sp³-hybridized carbons (Fsp3) is 0.316. The summed E-state index contributed by atoms with van der Waals surface area (Å²) in [6, 6.07) is 25.8. The van der Waals surface area contributed by atoms with E-state index in [2.05, 4.69) is 31.1 Å². The number of carbonyl (C=O) groups is 2. The van der Waals surface area contributed by atoms with Crippen molar-refractivity contribution in [3.8, 4) is 22.6 Å². The molecule has 0 saturated carbocycles. The van der Waals surface area contributed by atoms with Crippen LogP contribution in [0.5, 0.6) is 11.5 Å². The van der Waals surface area contributed by atoms with Crippen LogP contribution in [-0.2, 0) is 0 Å². The third-order valence-corrected chi connectivity index (χ3v) is 9.24. The maximum Gasteiger partial charge on any atom is 0.319 e. The first-order valence-corrected chi connectivity index (χ1v) is 16.6. The number of aromatic hydroxyl groups is 2.